The highest BCUT2D eigenvalue weighted by Gasteiger charge is 2.50. The zero-order chi connectivity index (χ0) is 25.7. The molecule has 17 nitrogen and oxygen atoms in total. The first kappa shape index (κ1) is 42.4. The molecule has 0 aromatic heterocycles. The highest BCUT2D eigenvalue weighted by molar-refractivity contribution is 5.86. The molecule has 0 saturated carbocycles. The number of hydrogen-bond donors (Lipinski definition) is 11. The molecule has 0 aromatic carbocycles. The van der Waals surface area contributed by atoms with Crippen molar-refractivity contribution in [2.75, 3.05) is 19.8 Å². The minimum Gasteiger partial charge on any atom is -0.412 e. The van der Waals surface area contributed by atoms with Gasteiger partial charge in [-0.3, -0.25) is 0 Å². The Balaban J connectivity index is -0.00000306. The van der Waals surface area contributed by atoms with Crippen LogP contribution in [0, 0.1) is 0 Å². The maximum atomic E-state index is 10.9. The van der Waals surface area contributed by atoms with E-state index in [1.54, 1.807) is 0 Å². The molecule has 14 atom stereocenters. The summed E-state index contributed by atoms with van der Waals surface area (Å²) < 4.78 is 21.9. The van der Waals surface area contributed by atoms with Gasteiger partial charge in [0.2, 0.25) is 0 Å². The van der Waals surface area contributed by atoms with Crippen LogP contribution in [0.4, 0.5) is 0 Å². The van der Waals surface area contributed by atoms with Gasteiger partial charge in [0, 0.05) is 0 Å². The molecule has 232 valence electrons. The first-order valence-corrected chi connectivity index (χ1v) is 10.6. The van der Waals surface area contributed by atoms with Gasteiger partial charge >= 0.3 is 0 Å². The van der Waals surface area contributed by atoms with Crippen LogP contribution in [0.1, 0.15) is 0 Å². The molecule has 2 fully saturated rings. The second kappa shape index (κ2) is 19.1. The first-order valence-electron chi connectivity index (χ1n) is 10.6. The Morgan fingerprint density at radius 2 is 1.34 bits per heavy atom. The Labute approximate surface area is 236 Å². The fourth-order valence-electron chi connectivity index (χ4n) is 3.72. The molecule has 2 rings (SSSR count). The average Bonchev–Trinajstić information content (AvgIpc) is 2.84. The standard InChI is InChI=1S/C18H35N3O13.3ClH.H2O/c19-5(1-22)11(27)15(6(26)2-23)33-18-10(21)14(30)16(8(4-25)32-18)34-17-9(20)13(29)12(28)7(3-24)31-17;;;;/h1,5-18,23-30H,2-4,19-21H2;3*1H;1H2/t5-,6+,7+,8+,9+,10+,11+,12+,13+,14+,15+,16+,17-,18-;;;;/m0..../s1. The Kier molecular flexibility index (Phi) is 21.3. The number of carbonyl (C=O) groups is 1. The smallest absolute Gasteiger partial charge is 0.176 e. The van der Waals surface area contributed by atoms with Crippen molar-refractivity contribution in [3.63, 3.8) is 0 Å². The van der Waals surface area contributed by atoms with E-state index in [0.717, 1.165) is 0 Å². The molecule has 0 amide bonds. The molecule has 16 N–H and O–H groups in total. The van der Waals surface area contributed by atoms with Crippen LogP contribution in [0.2, 0.25) is 0 Å². The van der Waals surface area contributed by atoms with E-state index >= 15 is 0 Å². The largest absolute Gasteiger partial charge is 0.412 e. The van der Waals surface area contributed by atoms with Gasteiger partial charge in [-0.25, -0.2) is 0 Å². The van der Waals surface area contributed by atoms with E-state index in [0.29, 0.717) is 0 Å². The molecular formula is C18H40Cl3N3O14. The first-order chi connectivity index (χ1) is 16.0. The average molecular weight is 629 g/mol. The SMILES string of the molecule is Cl.Cl.Cl.N[C@H]1[C@H](O[C@H]2[C@H](O)[C@@H](N)[C@H](O[C@@H]([C@H](O)[C@@H](N)C=O)[C@H](O)CO)O[C@@H]2CO)O[C@H](CO)[C@@H](O)[C@@H]1O.O. The minimum atomic E-state index is -1.79. The van der Waals surface area contributed by atoms with E-state index in [2.05, 4.69) is 0 Å². The Morgan fingerprint density at radius 1 is 0.842 bits per heavy atom. The van der Waals surface area contributed by atoms with Gasteiger partial charge in [-0.2, -0.15) is 0 Å². The summed E-state index contributed by atoms with van der Waals surface area (Å²) in [5, 5.41) is 79.3. The summed E-state index contributed by atoms with van der Waals surface area (Å²) in [6.45, 7) is -2.31. The fraction of sp³-hybridized carbons (Fsp3) is 0.944. The van der Waals surface area contributed by atoms with E-state index in [4.69, 9.17) is 36.1 Å². The number of nitrogens with two attached hydrogens (primary N) is 3. The third kappa shape index (κ3) is 9.48. The molecule has 2 heterocycles. The molecule has 0 bridgehead atoms. The number of ether oxygens (including phenoxy) is 4. The van der Waals surface area contributed by atoms with Crippen molar-refractivity contribution in [2.24, 2.45) is 17.2 Å². The molecule has 0 unspecified atom stereocenters. The lowest BCUT2D eigenvalue weighted by atomic mass is 9.95. The fourth-order valence-corrected chi connectivity index (χ4v) is 3.72. The number of carbonyl (C=O) groups excluding carboxylic acids is 1. The lowest BCUT2D eigenvalue weighted by molar-refractivity contribution is -0.338. The van der Waals surface area contributed by atoms with Gasteiger partial charge in [-0.15, -0.1) is 37.2 Å². The molecule has 20 heteroatoms. The molecule has 38 heavy (non-hydrogen) atoms. The summed E-state index contributed by atoms with van der Waals surface area (Å²) in [6.07, 6.45) is -16.7. The van der Waals surface area contributed by atoms with Crippen molar-refractivity contribution in [3.05, 3.63) is 0 Å². The topological polar surface area (TPSA) is 325 Å². The molecular weight excluding hydrogens is 589 g/mol. The molecule has 2 saturated heterocycles. The van der Waals surface area contributed by atoms with Gasteiger partial charge in [0.15, 0.2) is 12.6 Å². The summed E-state index contributed by atoms with van der Waals surface area (Å²) in [5.74, 6) is 0. The predicted molar refractivity (Wildman–Crippen MR) is 134 cm³/mol. The van der Waals surface area contributed by atoms with Crippen molar-refractivity contribution >= 4 is 43.5 Å². The summed E-state index contributed by atoms with van der Waals surface area (Å²) in [5.41, 5.74) is 17.3. The van der Waals surface area contributed by atoms with Crippen LogP contribution >= 0.6 is 37.2 Å². The van der Waals surface area contributed by atoms with Gasteiger partial charge < -0.3 is 87.3 Å². The minimum absolute atomic E-state index is 0. The van der Waals surface area contributed by atoms with Crippen molar-refractivity contribution in [1.29, 1.82) is 0 Å². The number of aldehydes is 1. The third-order valence-electron chi connectivity index (χ3n) is 5.87. The Morgan fingerprint density at radius 3 is 1.82 bits per heavy atom. The monoisotopic (exact) mass is 627 g/mol. The van der Waals surface area contributed by atoms with E-state index in [9.17, 15) is 45.6 Å². The quantitative estimate of drug-likeness (QED) is 0.0946. The summed E-state index contributed by atoms with van der Waals surface area (Å²) in [7, 11) is 0. The summed E-state index contributed by atoms with van der Waals surface area (Å²) in [4.78, 5) is 10.9. The highest BCUT2D eigenvalue weighted by Crippen LogP contribution is 2.29. The number of aliphatic hydroxyl groups is 8. The molecule has 2 aliphatic rings. The molecule has 0 aromatic rings. The van der Waals surface area contributed by atoms with Crippen LogP contribution in [0.5, 0.6) is 0 Å². The van der Waals surface area contributed by atoms with Crippen LogP contribution < -0.4 is 17.2 Å². The number of halogens is 3. The highest BCUT2D eigenvalue weighted by atomic mass is 35.5. The third-order valence-corrected chi connectivity index (χ3v) is 5.87. The second-order valence-electron chi connectivity index (χ2n) is 8.23. The van der Waals surface area contributed by atoms with Gasteiger partial charge in [0.05, 0.1) is 37.9 Å². The van der Waals surface area contributed by atoms with E-state index < -0.39 is 105 Å². The predicted octanol–water partition coefficient (Wildman–Crippen LogP) is -7.39. The lowest BCUT2D eigenvalue weighted by Crippen LogP contribution is -2.68. The normalized spacial score (nSPS) is 38.1. The zero-order valence-electron chi connectivity index (χ0n) is 19.9. The second-order valence-corrected chi connectivity index (χ2v) is 8.23. The molecule has 2 aliphatic heterocycles. The van der Waals surface area contributed by atoms with E-state index in [1.165, 1.54) is 0 Å². The molecule has 0 aliphatic carbocycles. The van der Waals surface area contributed by atoms with Gasteiger partial charge in [0.1, 0.15) is 61.2 Å². The van der Waals surface area contributed by atoms with Gasteiger partial charge in [0.25, 0.3) is 0 Å². The van der Waals surface area contributed by atoms with Crippen LogP contribution in [0.25, 0.3) is 0 Å². The Hall–Kier alpha value is -0.100. The number of hydrogen-bond acceptors (Lipinski definition) is 16. The Bertz CT molecular complexity index is 648. The van der Waals surface area contributed by atoms with E-state index in [1.807, 2.05) is 0 Å². The lowest BCUT2D eigenvalue weighted by Gasteiger charge is -2.47. The number of aliphatic hydroxyl groups excluding tert-OH is 8. The van der Waals surface area contributed by atoms with Gasteiger partial charge in [-0.05, 0) is 0 Å². The van der Waals surface area contributed by atoms with Crippen LogP contribution in [-0.4, -0.2) is 158 Å². The zero-order valence-corrected chi connectivity index (χ0v) is 22.3. The van der Waals surface area contributed by atoms with Crippen molar-refractivity contribution in [3.8, 4) is 0 Å². The van der Waals surface area contributed by atoms with Crippen LogP contribution in [0.15, 0.2) is 0 Å². The van der Waals surface area contributed by atoms with Crippen LogP contribution in [0.3, 0.4) is 0 Å². The van der Waals surface area contributed by atoms with Crippen molar-refractivity contribution in [1.82, 2.24) is 0 Å². The van der Waals surface area contributed by atoms with Crippen molar-refractivity contribution in [2.45, 2.75) is 85.6 Å². The summed E-state index contributed by atoms with van der Waals surface area (Å²) >= 11 is 0. The van der Waals surface area contributed by atoms with E-state index in [-0.39, 0.29) is 49.0 Å². The van der Waals surface area contributed by atoms with Crippen LogP contribution in [-0.2, 0) is 23.7 Å². The molecule has 0 spiro atoms. The maximum Gasteiger partial charge on any atom is 0.176 e. The molecule has 0 radical (unpaired) electrons. The maximum absolute atomic E-state index is 10.9. The summed E-state index contributed by atoms with van der Waals surface area (Å²) in [6, 6.07) is -4.23. The van der Waals surface area contributed by atoms with Gasteiger partial charge in [-0.1, -0.05) is 0 Å². The number of rotatable bonds is 11. The van der Waals surface area contributed by atoms with Crippen molar-refractivity contribution < 1.29 is 70.1 Å².